The lowest BCUT2D eigenvalue weighted by Crippen LogP contribution is -2.33. The minimum atomic E-state index is -0.911. The van der Waals surface area contributed by atoms with Gasteiger partial charge in [0.15, 0.2) is 0 Å². The van der Waals surface area contributed by atoms with Gasteiger partial charge in [0, 0.05) is 15.8 Å². The van der Waals surface area contributed by atoms with E-state index in [-0.39, 0.29) is 5.92 Å². The van der Waals surface area contributed by atoms with Crippen LogP contribution < -0.4 is 5.11 Å². The van der Waals surface area contributed by atoms with Gasteiger partial charge in [-0.3, -0.25) is 0 Å². The molecule has 0 fully saturated rings. The number of alkyl halides is 1. The lowest BCUT2D eigenvalue weighted by atomic mass is 9.95. The molecule has 0 aliphatic heterocycles. The van der Waals surface area contributed by atoms with Gasteiger partial charge in [-0.15, -0.1) is 0 Å². The topological polar surface area (TPSA) is 40.1 Å². The van der Waals surface area contributed by atoms with E-state index in [1.807, 2.05) is 12.2 Å². The zero-order valence-corrected chi connectivity index (χ0v) is 7.58. The fourth-order valence-electron chi connectivity index (χ4n) is 1.03. The van der Waals surface area contributed by atoms with Gasteiger partial charge in [0.25, 0.3) is 0 Å². The molecule has 0 heterocycles. The van der Waals surface area contributed by atoms with Crippen LogP contribution >= 0.6 is 22.6 Å². The lowest BCUT2D eigenvalue weighted by molar-refractivity contribution is -0.311. The number of carboxylic acids is 1. The van der Waals surface area contributed by atoms with Crippen LogP contribution in [0.15, 0.2) is 12.2 Å². The summed E-state index contributed by atoms with van der Waals surface area (Å²) in [4.78, 5) is 10.4. The summed E-state index contributed by atoms with van der Waals surface area (Å²) < 4.78 is 0.370. The highest BCUT2D eigenvalue weighted by molar-refractivity contribution is 14.1. The van der Waals surface area contributed by atoms with Crippen molar-refractivity contribution in [2.75, 3.05) is 0 Å². The molecule has 0 aromatic heterocycles. The third kappa shape index (κ3) is 1.97. The second-order valence-corrected chi connectivity index (χ2v) is 4.03. The first-order valence-corrected chi connectivity index (χ1v) is 4.46. The van der Waals surface area contributed by atoms with Crippen molar-refractivity contribution >= 4 is 28.6 Å². The Bertz CT molecular complexity index is 165. The summed E-state index contributed by atoms with van der Waals surface area (Å²) in [5, 5.41) is 10.4. The predicted molar refractivity (Wildman–Crippen MR) is 44.7 cm³/mol. The highest BCUT2D eigenvalue weighted by atomic mass is 127. The minimum absolute atomic E-state index is 0.258. The first-order chi connectivity index (χ1) is 4.70. The molecule has 2 unspecified atom stereocenters. The van der Waals surface area contributed by atoms with Crippen molar-refractivity contribution < 1.29 is 9.90 Å². The fraction of sp³-hybridized carbons (Fsp3) is 0.571. The summed E-state index contributed by atoms with van der Waals surface area (Å²) in [6.45, 7) is 0. The Morgan fingerprint density at radius 2 is 2.40 bits per heavy atom. The molecule has 1 rings (SSSR count). The molecule has 1 aliphatic carbocycles. The first kappa shape index (κ1) is 8.04. The Balaban J connectivity index is 2.52. The number of carbonyl (C=O) groups is 1. The highest BCUT2D eigenvalue weighted by Gasteiger charge is 2.15. The number of hydrogen-bond acceptors (Lipinski definition) is 2. The molecule has 0 amide bonds. The van der Waals surface area contributed by atoms with E-state index in [9.17, 15) is 9.90 Å². The summed E-state index contributed by atoms with van der Waals surface area (Å²) in [7, 11) is 0. The average Bonchev–Trinajstić information content (AvgIpc) is 1.88. The van der Waals surface area contributed by atoms with Gasteiger partial charge in [0.2, 0.25) is 0 Å². The van der Waals surface area contributed by atoms with Gasteiger partial charge < -0.3 is 9.90 Å². The molecule has 0 saturated carbocycles. The molecule has 2 atom stereocenters. The smallest absolute Gasteiger partial charge is 0.0448 e. The van der Waals surface area contributed by atoms with E-state index in [0.29, 0.717) is 10.3 Å². The van der Waals surface area contributed by atoms with Crippen molar-refractivity contribution in [1.29, 1.82) is 0 Å². The quantitative estimate of drug-likeness (QED) is 0.387. The van der Waals surface area contributed by atoms with Crippen molar-refractivity contribution in [1.82, 2.24) is 0 Å². The third-order valence-electron chi connectivity index (χ3n) is 1.61. The average molecular weight is 251 g/mol. The molecule has 0 bridgehead atoms. The molecule has 0 aromatic carbocycles. The van der Waals surface area contributed by atoms with E-state index >= 15 is 0 Å². The van der Waals surface area contributed by atoms with Crippen LogP contribution in [-0.2, 0) is 4.79 Å². The number of aliphatic carboxylic acids is 1. The van der Waals surface area contributed by atoms with Gasteiger partial charge in [0.1, 0.15) is 0 Å². The van der Waals surface area contributed by atoms with Crippen LogP contribution in [0.3, 0.4) is 0 Å². The van der Waals surface area contributed by atoms with Crippen molar-refractivity contribution in [2.45, 2.75) is 16.8 Å². The highest BCUT2D eigenvalue weighted by Crippen LogP contribution is 2.23. The third-order valence-corrected chi connectivity index (χ3v) is 2.53. The number of allylic oxidation sites excluding steroid dienone is 2. The van der Waals surface area contributed by atoms with Gasteiger partial charge >= 0.3 is 0 Å². The van der Waals surface area contributed by atoms with Crippen molar-refractivity contribution in [3.63, 3.8) is 0 Å². The molecule has 0 saturated heterocycles. The molecular formula is C7H8IO2-. The Morgan fingerprint density at radius 3 is 2.80 bits per heavy atom. The Labute approximate surface area is 73.5 Å². The standard InChI is InChI=1S/C7H9IO2/c8-6-3-1-2-5(4-6)7(9)10/h1,3,5-6H,2,4H2,(H,9,10)/p-1. The van der Waals surface area contributed by atoms with Gasteiger partial charge in [0.05, 0.1) is 0 Å². The van der Waals surface area contributed by atoms with Gasteiger partial charge in [-0.25, -0.2) is 0 Å². The molecule has 2 nitrogen and oxygen atoms in total. The SMILES string of the molecule is O=C([O-])C1CC=CC(I)C1. The summed E-state index contributed by atoms with van der Waals surface area (Å²) in [5.74, 6) is -1.17. The normalized spacial score (nSPS) is 32.1. The van der Waals surface area contributed by atoms with Crippen LogP contribution in [0.25, 0.3) is 0 Å². The Morgan fingerprint density at radius 1 is 1.70 bits per heavy atom. The first-order valence-electron chi connectivity index (χ1n) is 3.21. The zero-order chi connectivity index (χ0) is 7.56. The number of rotatable bonds is 1. The van der Waals surface area contributed by atoms with E-state index in [4.69, 9.17) is 0 Å². The van der Waals surface area contributed by atoms with E-state index in [0.717, 1.165) is 6.42 Å². The van der Waals surface area contributed by atoms with Crippen LogP contribution in [0.2, 0.25) is 0 Å². The Kier molecular flexibility index (Phi) is 2.71. The van der Waals surface area contributed by atoms with Crippen LogP contribution in [0.1, 0.15) is 12.8 Å². The predicted octanol–water partition coefficient (Wildman–Crippen LogP) is 0.506. The zero-order valence-electron chi connectivity index (χ0n) is 5.42. The largest absolute Gasteiger partial charge is 0.550 e. The van der Waals surface area contributed by atoms with Crippen LogP contribution in [0, 0.1) is 5.92 Å². The lowest BCUT2D eigenvalue weighted by Gasteiger charge is -2.21. The van der Waals surface area contributed by atoms with Crippen LogP contribution in [0.5, 0.6) is 0 Å². The van der Waals surface area contributed by atoms with Crippen molar-refractivity contribution in [2.24, 2.45) is 5.92 Å². The van der Waals surface area contributed by atoms with E-state index in [2.05, 4.69) is 22.6 Å². The summed E-state index contributed by atoms with van der Waals surface area (Å²) in [5.41, 5.74) is 0. The molecule has 56 valence electrons. The second kappa shape index (κ2) is 3.37. The van der Waals surface area contributed by atoms with Crippen LogP contribution in [0.4, 0.5) is 0 Å². The summed E-state index contributed by atoms with van der Waals surface area (Å²) >= 11 is 2.23. The van der Waals surface area contributed by atoms with Crippen molar-refractivity contribution in [3.05, 3.63) is 12.2 Å². The monoisotopic (exact) mass is 251 g/mol. The Hall–Kier alpha value is -0.0600. The molecule has 10 heavy (non-hydrogen) atoms. The number of halogens is 1. The second-order valence-electron chi connectivity index (χ2n) is 2.43. The summed E-state index contributed by atoms with van der Waals surface area (Å²) in [6.07, 6.45) is 5.32. The molecule has 1 aliphatic rings. The number of carboxylic acid groups (broad SMARTS) is 1. The number of carbonyl (C=O) groups excluding carboxylic acids is 1. The maximum absolute atomic E-state index is 10.4. The summed E-state index contributed by atoms with van der Waals surface area (Å²) in [6, 6.07) is 0. The fourth-order valence-corrected chi connectivity index (χ4v) is 1.94. The molecule has 0 N–H and O–H groups in total. The molecule has 0 radical (unpaired) electrons. The number of hydrogen-bond donors (Lipinski definition) is 0. The minimum Gasteiger partial charge on any atom is -0.550 e. The molecular weight excluding hydrogens is 243 g/mol. The van der Waals surface area contributed by atoms with E-state index in [1.165, 1.54) is 0 Å². The maximum Gasteiger partial charge on any atom is 0.0448 e. The molecule has 0 spiro atoms. The maximum atomic E-state index is 10.4. The van der Waals surface area contributed by atoms with E-state index < -0.39 is 5.97 Å². The van der Waals surface area contributed by atoms with Gasteiger partial charge in [-0.1, -0.05) is 34.7 Å². The molecule has 0 aromatic rings. The van der Waals surface area contributed by atoms with Gasteiger partial charge in [-0.2, -0.15) is 0 Å². The van der Waals surface area contributed by atoms with Crippen LogP contribution in [-0.4, -0.2) is 9.89 Å². The van der Waals surface area contributed by atoms with Gasteiger partial charge in [-0.05, 0) is 12.8 Å². The van der Waals surface area contributed by atoms with Crippen molar-refractivity contribution in [3.8, 4) is 0 Å². The van der Waals surface area contributed by atoms with E-state index in [1.54, 1.807) is 0 Å². The molecule has 3 heteroatoms.